The predicted octanol–water partition coefficient (Wildman–Crippen LogP) is -0.208. The van der Waals surface area contributed by atoms with Gasteiger partial charge in [-0.3, -0.25) is 0 Å². The van der Waals surface area contributed by atoms with Crippen LogP contribution in [0.3, 0.4) is 0 Å². The molecule has 0 atom stereocenters. The van der Waals surface area contributed by atoms with Gasteiger partial charge < -0.3 is 17.0 Å². The van der Waals surface area contributed by atoms with E-state index in [9.17, 15) is 0 Å². The van der Waals surface area contributed by atoms with E-state index in [-0.39, 0.29) is 36.5 Å². The molecule has 0 aromatic rings. The number of hydrogen-bond acceptors (Lipinski definition) is 0. The maximum absolute atomic E-state index is 2.34. The summed E-state index contributed by atoms with van der Waals surface area (Å²) in [6.07, 6.45) is 7.58. The quantitative estimate of drug-likeness (QED) is 0.474. The van der Waals surface area contributed by atoms with Gasteiger partial charge in [0.2, 0.25) is 0 Å². The van der Waals surface area contributed by atoms with Crippen LogP contribution < -0.4 is 17.0 Å². The first-order chi connectivity index (χ1) is 3.41. The van der Waals surface area contributed by atoms with E-state index in [1.807, 2.05) is 0 Å². The molecule has 0 heterocycles. The van der Waals surface area contributed by atoms with Crippen molar-refractivity contribution in [2.24, 2.45) is 0 Å². The van der Waals surface area contributed by atoms with E-state index < -0.39 is 0 Å². The molecule has 0 aromatic heterocycles. The van der Waals surface area contributed by atoms with Crippen LogP contribution in [0.2, 0.25) is 0 Å². The van der Waals surface area contributed by atoms with E-state index >= 15 is 0 Å². The smallest absolute Gasteiger partial charge is 0 e. The molecule has 1 radical (unpaired) electrons. The Balaban J connectivity index is -0.000000180. The van der Waals surface area contributed by atoms with Gasteiger partial charge in [-0.1, -0.05) is 39.5 Å². The third-order valence-electron chi connectivity index (χ3n) is 1.05. The summed E-state index contributed by atoms with van der Waals surface area (Å²) in [5.74, 6) is 0. The van der Waals surface area contributed by atoms with Gasteiger partial charge in [-0.15, -0.1) is 0 Å². The summed E-state index contributed by atoms with van der Waals surface area (Å²) in [6, 6.07) is 0. The van der Waals surface area contributed by atoms with Crippen LogP contribution in [-0.4, -0.2) is 0 Å². The van der Waals surface area contributed by atoms with Crippen molar-refractivity contribution in [1.82, 2.24) is 0 Å². The van der Waals surface area contributed by atoms with Crippen LogP contribution in [0, 0.1) is 6.42 Å². The van der Waals surface area contributed by atoms with Crippen molar-refractivity contribution in [3.05, 3.63) is 6.42 Å². The summed E-state index contributed by atoms with van der Waals surface area (Å²) in [6.45, 7) is 4.42. The second-order valence-corrected chi connectivity index (χ2v) is 1.84. The van der Waals surface area contributed by atoms with Gasteiger partial charge in [-0.25, -0.2) is 0 Å². The Labute approximate surface area is 82.3 Å². The van der Waals surface area contributed by atoms with Crippen LogP contribution in [0.25, 0.3) is 0 Å². The van der Waals surface area contributed by atoms with Crippen LogP contribution in [0.5, 0.6) is 0 Å². The van der Waals surface area contributed by atoms with Gasteiger partial charge in [0.1, 0.15) is 0 Å². The Bertz CT molecular complexity index is 28.1. The van der Waals surface area contributed by atoms with E-state index in [0.717, 1.165) is 0 Å². The summed E-state index contributed by atoms with van der Waals surface area (Å²) in [5.41, 5.74) is 0. The third-order valence-corrected chi connectivity index (χ3v) is 1.05. The standard InChI is InChI=1S/C7H15.BrH.Zn/c1-3-5-7-6-4-2;;/h5H,3-4,6-7H2,1-2H3;1H;/p-1. The molecule has 0 nitrogen and oxygen atoms in total. The molecule has 53 valence electrons. The summed E-state index contributed by atoms with van der Waals surface area (Å²) in [4.78, 5) is 0. The first-order valence-electron chi connectivity index (χ1n) is 3.23. The summed E-state index contributed by atoms with van der Waals surface area (Å²) >= 11 is 0. The fourth-order valence-corrected chi connectivity index (χ4v) is 0.553. The largest absolute Gasteiger partial charge is 1.00 e. The zero-order chi connectivity index (χ0) is 5.54. The SMILES string of the molecule is CC[CH]CCCC.[Br-].[Zn]. The minimum Gasteiger partial charge on any atom is -1.00 e. The molecule has 0 bridgehead atoms. The molecule has 0 amide bonds. The second-order valence-electron chi connectivity index (χ2n) is 1.84. The molecule has 0 rings (SSSR count). The topological polar surface area (TPSA) is 0 Å². The molecule has 0 aliphatic heterocycles. The van der Waals surface area contributed by atoms with Crippen molar-refractivity contribution in [2.75, 3.05) is 0 Å². The Kier molecular flexibility index (Phi) is 29.6. The summed E-state index contributed by atoms with van der Waals surface area (Å²) < 4.78 is 0. The van der Waals surface area contributed by atoms with E-state index in [1.165, 1.54) is 25.7 Å². The van der Waals surface area contributed by atoms with Crippen LogP contribution in [-0.2, 0) is 19.5 Å². The fourth-order valence-electron chi connectivity index (χ4n) is 0.553. The molecule has 0 fully saturated rings. The van der Waals surface area contributed by atoms with E-state index in [2.05, 4.69) is 20.3 Å². The normalized spacial score (nSPS) is 7.33. The number of hydrogen-bond donors (Lipinski definition) is 0. The van der Waals surface area contributed by atoms with E-state index in [4.69, 9.17) is 0 Å². The molecule has 9 heavy (non-hydrogen) atoms. The molecule has 2 heteroatoms. The first kappa shape index (κ1) is 16.6. The van der Waals surface area contributed by atoms with Gasteiger partial charge >= 0.3 is 0 Å². The molecule has 0 saturated heterocycles. The molecule has 0 aromatic carbocycles. The molecule has 0 aliphatic rings. The monoisotopic (exact) mass is 242 g/mol. The minimum atomic E-state index is 0. The van der Waals surface area contributed by atoms with Crippen molar-refractivity contribution >= 4 is 0 Å². The van der Waals surface area contributed by atoms with E-state index in [1.54, 1.807) is 0 Å². The van der Waals surface area contributed by atoms with Crippen LogP contribution in [0.4, 0.5) is 0 Å². The van der Waals surface area contributed by atoms with Crippen LogP contribution in [0.1, 0.15) is 39.5 Å². The Morgan fingerprint density at radius 3 is 2.11 bits per heavy atom. The second kappa shape index (κ2) is 16.0. The number of unbranched alkanes of at least 4 members (excludes halogenated alkanes) is 4. The average molecular weight is 244 g/mol. The van der Waals surface area contributed by atoms with Crippen molar-refractivity contribution in [3.8, 4) is 0 Å². The van der Waals surface area contributed by atoms with Crippen LogP contribution >= 0.6 is 0 Å². The van der Waals surface area contributed by atoms with Crippen molar-refractivity contribution in [3.63, 3.8) is 0 Å². The Hall–Kier alpha value is 1.10. The molecule has 0 N–H and O–H groups in total. The molecule has 0 saturated carbocycles. The van der Waals surface area contributed by atoms with Gasteiger partial charge in [-0.05, 0) is 6.42 Å². The van der Waals surface area contributed by atoms with Gasteiger partial charge in [-0.2, -0.15) is 0 Å². The zero-order valence-electron chi connectivity index (χ0n) is 6.49. The fraction of sp³-hybridized carbons (Fsp3) is 0.857. The summed E-state index contributed by atoms with van der Waals surface area (Å²) in [5, 5.41) is 0. The van der Waals surface area contributed by atoms with Crippen LogP contribution in [0.15, 0.2) is 0 Å². The third kappa shape index (κ3) is 17.6. The number of rotatable bonds is 4. The zero-order valence-corrected chi connectivity index (χ0v) is 11.0. The first-order valence-corrected chi connectivity index (χ1v) is 3.23. The molecule has 0 aliphatic carbocycles. The summed E-state index contributed by atoms with van der Waals surface area (Å²) in [7, 11) is 0. The minimum absolute atomic E-state index is 0. The molecular weight excluding hydrogens is 229 g/mol. The Morgan fingerprint density at radius 1 is 1.22 bits per heavy atom. The maximum atomic E-state index is 2.34. The molecule has 0 spiro atoms. The van der Waals surface area contributed by atoms with Crippen molar-refractivity contribution in [2.45, 2.75) is 39.5 Å². The van der Waals surface area contributed by atoms with Gasteiger partial charge in [0.25, 0.3) is 0 Å². The molecular formula is C7H15BrZn-. The predicted molar refractivity (Wildman–Crippen MR) is 34.1 cm³/mol. The van der Waals surface area contributed by atoms with Crippen molar-refractivity contribution in [1.29, 1.82) is 0 Å². The number of halogens is 1. The Morgan fingerprint density at radius 2 is 1.78 bits per heavy atom. The van der Waals surface area contributed by atoms with Gasteiger partial charge in [0, 0.05) is 19.5 Å². The van der Waals surface area contributed by atoms with Gasteiger partial charge in [0.15, 0.2) is 0 Å². The van der Waals surface area contributed by atoms with Gasteiger partial charge in [0.05, 0.1) is 0 Å². The van der Waals surface area contributed by atoms with E-state index in [0.29, 0.717) is 0 Å². The average Bonchev–Trinajstić information content (AvgIpc) is 1.69. The van der Waals surface area contributed by atoms with Crippen molar-refractivity contribution < 1.29 is 36.5 Å². The maximum Gasteiger partial charge on any atom is 0 e. The molecule has 0 unspecified atom stereocenters.